The molecule has 23 heavy (non-hydrogen) atoms. The highest BCUT2D eigenvalue weighted by Gasteiger charge is 2.17. The fraction of sp³-hybridized carbons (Fsp3) is 0.611. The third-order valence-corrected chi connectivity index (χ3v) is 3.73. The number of hydrogen-bond acceptors (Lipinski definition) is 4. The molecular formula is C18H28N2O3. The van der Waals surface area contributed by atoms with Crippen molar-refractivity contribution >= 4 is 6.09 Å². The van der Waals surface area contributed by atoms with Crippen molar-refractivity contribution in [1.29, 1.82) is 0 Å². The predicted octanol–water partition coefficient (Wildman–Crippen LogP) is 3.01. The van der Waals surface area contributed by atoms with E-state index in [1.165, 1.54) is 11.1 Å². The van der Waals surface area contributed by atoms with E-state index in [1.807, 2.05) is 26.8 Å². The summed E-state index contributed by atoms with van der Waals surface area (Å²) in [5.41, 5.74) is 2.06. The summed E-state index contributed by atoms with van der Waals surface area (Å²) in [6.45, 7) is 9.80. The van der Waals surface area contributed by atoms with Crippen LogP contribution < -0.4 is 15.4 Å². The Morgan fingerprint density at radius 1 is 1.39 bits per heavy atom. The summed E-state index contributed by atoms with van der Waals surface area (Å²) >= 11 is 0. The molecule has 5 heteroatoms. The number of hydrogen-bond donors (Lipinski definition) is 2. The molecule has 2 rings (SSSR count). The first kappa shape index (κ1) is 17.6. The maximum atomic E-state index is 11.7. The molecule has 1 atom stereocenters. The number of rotatable bonds is 6. The highest BCUT2D eigenvalue weighted by atomic mass is 16.6. The average Bonchev–Trinajstić information content (AvgIpc) is 2.93. The zero-order valence-corrected chi connectivity index (χ0v) is 14.6. The summed E-state index contributed by atoms with van der Waals surface area (Å²) in [7, 11) is 0. The first-order valence-electron chi connectivity index (χ1n) is 8.32. The van der Waals surface area contributed by atoms with Crippen molar-refractivity contribution < 1.29 is 14.3 Å². The van der Waals surface area contributed by atoms with E-state index in [-0.39, 0.29) is 12.1 Å². The van der Waals surface area contributed by atoms with E-state index in [1.54, 1.807) is 0 Å². The number of carbonyl (C=O) groups excluding carboxylic acids is 1. The van der Waals surface area contributed by atoms with Crippen molar-refractivity contribution in [2.45, 2.75) is 58.7 Å². The minimum atomic E-state index is -0.467. The van der Waals surface area contributed by atoms with E-state index in [2.05, 4.69) is 29.7 Å². The Morgan fingerprint density at radius 2 is 2.17 bits per heavy atom. The van der Waals surface area contributed by atoms with Crippen LogP contribution in [-0.2, 0) is 17.7 Å². The van der Waals surface area contributed by atoms with E-state index in [4.69, 9.17) is 9.47 Å². The highest BCUT2D eigenvalue weighted by Crippen LogP contribution is 2.25. The molecule has 1 aliphatic rings. The Hall–Kier alpha value is -1.75. The summed E-state index contributed by atoms with van der Waals surface area (Å²) in [4.78, 5) is 11.7. The van der Waals surface area contributed by atoms with Gasteiger partial charge in [-0.25, -0.2) is 4.79 Å². The first-order chi connectivity index (χ1) is 10.9. The lowest BCUT2D eigenvalue weighted by Crippen LogP contribution is -2.42. The van der Waals surface area contributed by atoms with Gasteiger partial charge in [0.2, 0.25) is 0 Å². The van der Waals surface area contributed by atoms with Crippen LogP contribution in [0.15, 0.2) is 18.2 Å². The maximum Gasteiger partial charge on any atom is 0.407 e. The number of nitrogens with one attached hydrogen (secondary N) is 2. The van der Waals surface area contributed by atoms with Crippen molar-refractivity contribution in [1.82, 2.24) is 10.6 Å². The summed E-state index contributed by atoms with van der Waals surface area (Å²) in [6.07, 6.45) is 1.55. The molecule has 0 fully saturated rings. The SMILES string of the molecule is CCC(CNC(=O)OC(C)(C)C)NCc1ccc2c(c1)CCO2. The lowest BCUT2D eigenvalue weighted by Gasteiger charge is -2.22. The van der Waals surface area contributed by atoms with Crippen molar-refractivity contribution in [2.24, 2.45) is 0 Å². The van der Waals surface area contributed by atoms with Crippen molar-refractivity contribution in [3.05, 3.63) is 29.3 Å². The monoisotopic (exact) mass is 320 g/mol. The van der Waals surface area contributed by atoms with Gasteiger partial charge in [0.1, 0.15) is 11.4 Å². The first-order valence-corrected chi connectivity index (χ1v) is 8.32. The van der Waals surface area contributed by atoms with Crippen LogP contribution in [0.4, 0.5) is 4.79 Å². The Balaban J connectivity index is 1.77. The topological polar surface area (TPSA) is 59.6 Å². The number of ether oxygens (including phenoxy) is 2. The second kappa shape index (κ2) is 7.68. The Bertz CT molecular complexity index is 538. The highest BCUT2D eigenvalue weighted by molar-refractivity contribution is 5.67. The van der Waals surface area contributed by atoms with Gasteiger partial charge in [-0.3, -0.25) is 0 Å². The number of amides is 1. The van der Waals surface area contributed by atoms with E-state index >= 15 is 0 Å². The Kier molecular flexibility index (Phi) is 5.88. The standard InChI is InChI=1S/C18H28N2O3/c1-5-15(12-20-17(21)23-18(2,3)4)19-11-13-6-7-16-14(10-13)8-9-22-16/h6-7,10,15,19H,5,8-9,11-12H2,1-4H3,(H,20,21). The summed E-state index contributed by atoms with van der Waals surface area (Å²) < 4.78 is 10.8. The fourth-order valence-electron chi connectivity index (χ4n) is 2.49. The third-order valence-electron chi connectivity index (χ3n) is 3.73. The van der Waals surface area contributed by atoms with Gasteiger partial charge in [0, 0.05) is 25.6 Å². The quantitative estimate of drug-likeness (QED) is 0.846. The van der Waals surface area contributed by atoms with Crippen molar-refractivity contribution in [3.8, 4) is 5.75 Å². The molecule has 0 saturated carbocycles. The van der Waals surface area contributed by atoms with Gasteiger partial charge in [-0.1, -0.05) is 19.1 Å². The smallest absolute Gasteiger partial charge is 0.407 e. The van der Waals surface area contributed by atoms with E-state index in [0.717, 1.165) is 31.7 Å². The van der Waals surface area contributed by atoms with Crippen LogP contribution in [-0.4, -0.2) is 30.9 Å². The van der Waals surface area contributed by atoms with E-state index in [0.29, 0.717) is 6.54 Å². The molecule has 1 aromatic carbocycles. The zero-order chi connectivity index (χ0) is 16.9. The molecule has 1 heterocycles. The minimum absolute atomic E-state index is 0.215. The third kappa shape index (κ3) is 5.75. The molecule has 1 aromatic rings. The van der Waals surface area contributed by atoms with Crippen LogP contribution >= 0.6 is 0 Å². The second-order valence-corrected chi connectivity index (χ2v) is 6.91. The Labute approximate surface area is 138 Å². The van der Waals surface area contributed by atoms with Gasteiger partial charge in [-0.15, -0.1) is 0 Å². The molecule has 0 radical (unpaired) electrons. The molecule has 128 valence electrons. The largest absolute Gasteiger partial charge is 0.493 e. The minimum Gasteiger partial charge on any atom is -0.493 e. The van der Waals surface area contributed by atoms with Crippen molar-refractivity contribution in [2.75, 3.05) is 13.2 Å². The predicted molar refractivity (Wildman–Crippen MR) is 90.8 cm³/mol. The molecule has 5 nitrogen and oxygen atoms in total. The normalized spacial score (nSPS) is 14.8. The van der Waals surface area contributed by atoms with Crippen molar-refractivity contribution in [3.63, 3.8) is 0 Å². The van der Waals surface area contributed by atoms with Crippen LogP contribution in [0.2, 0.25) is 0 Å². The fourth-order valence-corrected chi connectivity index (χ4v) is 2.49. The summed E-state index contributed by atoms with van der Waals surface area (Å²) in [5, 5.41) is 6.31. The van der Waals surface area contributed by atoms with Gasteiger partial charge < -0.3 is 20.1 Å². The molecule has 0 bridgehead atoms. The van der Waals surface area contributed by atoms with Gasteiger partial charge in [-0.05, 0) is 44.4 Å². The molecule has 0 aliphatic carbocycles. The molecule has 0 saturated heterocycles. The summed E-state index contributed by atoms with van der Waals surface area (Å²) in [5.74, 6) is 1.01. The van der Waals surface area contributed by atoms with Crippen LogP contribution in [0.5, 0.6) is 5.75 Å². The number of benzene rings is 1. The lowest BCUT2D eigenvalue weighted by molar-refractivity contribution is 0.0522. The Morgan fingerprint density at radius 3 is 2.87 bits per heavy atom. The number of alkyl carbamates (subject to hydrolysis) is 1. The molecule has 1 aliphatic heterocycles. The molecule has 0 spiro atoms. The van der Waals surface area contributed by atoms with Crippen LogP contribution in [0, 0.1) is 0 Å². The van der Waals surface area contributed by atoms with Gasteiger partial charge in [0.25, 0.3) is 0 Å². The molecule has 1 amide bonds. The van der Waals surface area contributed by atoms with Gasteiger partial charge in [-0.2, -0.15) is 0 Å². The molecule has 1 unspecified atom stereocenters. The van der Waals surface area contributed by atoms with Gasteiger partial charge in [0.05, 0.1) is 6.61 Å². The van der Waals surface area contributed by atoms with E-state index < -0.39 is 5.60 Å². The van der Waals surface area contributed by atoms with Crippen LogP contribution in [0.3, 0.4) is 0 Å². The van der Waals surface area contributed by atoms with Gasteiger partial charge in [0.15, 0.2) is 0 Å². The second-order valence-electron chi connectivity index (χ2n) is 6.91. The molecule has 0 aromatic heterocycles. The maximum absolute atomic E-state index is 11.7. The molecule has 2 N–H and O–H groups in total. The van der Waals surface area contributed by atoms with E-state index in [9.17, 15) is 4.79 Å². The number of fused-ring (bicyclic) bond motifs is 1. The van der Waals surface area contributed by atoms with Crippen LogP contribution in [0.25, 0.3) is 0 Å². The number of carbonyl (C=O) groups is 1. The zero-order valence-electron chi connectivity index (χ0n) is 14.6. The summed E-state index contributed by atoms with van der Waals surface area (Å²) in [6, 6.07) is 6.54. The average molecular weight is 320 g/mol. The lowest BCUT2D eigenvalue weighted by atomic mass is 10.1. The van der Waals surface area contributed by atoms with Crippen LogP contribution in [0.1, 0.15) is 45.2 Å². The van der Waals surface area contributed by atoms with Gasteiger partial charge >= 0.3 is 6.09 Å². The molecular weight excluding hydrogens is 292 g/mol.